The minimum Gasteiger partial charge on any atom is -0.497 e. The summed E-state index contributed by atoms with van der Waals surface area (Å²) in [4.78, 5) is 26.4. The van der Waals surface area contributed by atoms with Gasteiger partial charge < -0.3 is 24.2 Å². The molecule has 3 rings (SSSR count). The number of nitrogens with zero attached hydrogens (tertiary/aromatic N) is 2. The maximum Gasteiger partial charge on any atom is 0.276 e. The van der Waals surface area contributed by atoms with Crippen molar-refractivity contribution in [3.8, 4) is 22.8 Å². The Labute approximate surface area is 188 Å². The fourth-order valence-corrected chi connectivity index (χ4v) is 3.42. The van der Waals surface area contributed by atoms with E-state index in [0.717, 1.165) is 10.0 Å². The third kappa shape index (κ3) is 5.24. The first kappa shape index (κ1) is 22.4. The van der Waals surface area contributed by atoms with Crippen molar-refractivity contribution in [2.45, 2.75) is 6.92 Å². The predicted molar refractivity (Wildman–Crippen MR) is 120 cm³/mol. The van der Waals surface area contributed by atoms with Gasteiger partial charge in [0.25, 0.3) is 5.91 Å². The zero-order valence-corrected chi connectivity index (χ0v) is 19.1. The van der Waals surface area contributed by atoms with Crippen LogP contribution in [0.1, 0.15) is 16.1 Å². The number of hydrogen-bond acceptors (Lipinski definition) is 6. The van der Waals surface area contributed by atoms with E-state index < -0.39 is 5.91 Å². The molecule has 0 saturated heterocycles. The average molecular weight is 488 g/mol. The van der Waals surface area contributed by atoms with Crippen molar-refractivity contribution >= 4 is 33.4 Å². The number of nitrogens with one attached hydrogen (secondary N) is 1. The highest BCUT2D eigenvalue weighted by Gasteiger charge is 2.21. The second-order valence-corrected chi connectivity index (χ2v) is 7.73. The standard InChI is InChI=1S/C22H22BrN3O5/c1-13-9-14(23)5-7-17(13)24-21(27)12-26(2)22(28)18-11-20(31-25-18)16-10-15(29-3)6-8-19(16)30-4/h5-11H,12H2,1-4H3,(H,24,27). The fraction of sp³-hybridized carbons (Fsp3) is 0.227. The molecule has 1 N–H and O–H groups in total. The molecule has 1 aromatic heterocycles. The number of methoxy groups -OCH3 is 2. The summed E-state index contributed by atoms with van der Waals surface area (Å²) in [6.07, 6.45) is 0. The Hall–Kier alpha value is -3.33. The lowest BCUT2D eigenvalue weighted by atomic mass is 10.1. The second-order valence-electron chi connectivity index (χ2n) is 6.81. The van der Waals surface area contributed by atoms with Gasteiger partial charge in [-0.15, -0.1) is 0 Å². The molecule has 0 aliphatic rings. The first-order chi connectivity index (χ1) is 14.8. The Bertz CT molecular complexity index is 1110. The van der Waals surface area contributed by atoms with Gasteiger partial charge in [-0.1, -0.05) is 21.1 Å². The summed E-state index contributed by atoms with van der Waals surface area (Å²) < 4.78 is 16.9. The van der Waals surface area contributed by atoms with E-state index >= 15 is 0 Å². The summed E-state index contributed by atoms with van der Waals surface area (Å²) >= 11 is 3.39. The van der Waals surface area contributed by atoms with Gasteiger partial charge in [-0.2, -0.15) is 0 Å². The molecule has 1 heterocycles. The van der Waals surface area contributed by atoms with E-state index in [1.165, 1.54) is 25.1 Å². The van der Waals surface area contributed by atoms with Crippen molar-refractivity contribution in [1.82, 2.24) is 10.1 Å². The molecule has 0 unspecified atom stereocenters. The number of hydrogen-bond donors (Lipinski definition) is 1. The highest BCUT2D eigenvalue weighted by molar-refractivity contribution is 9.10. The predicted octanol–water partition coefficient (Wildman–Crippen LogP) is 4.14. The Balaban J connectivity index is 1.71. The molecule has 9 heteroatoms. The molecule has 0 aliphatic heterocycles. The largest absolute Gasteiger partial charge is 0.497 e. The summed E-state index contributed by atoms with van der Waals surface area (Å²) in [5.74, 6) is 0.743. The number of halogens is 1. The number of amides is 2. The van der Waals surface area contributed by atoms with E-state index in [9.17, 15) is 9.59 Å². The molecule has 162 valence electrons. The van der Waals surface area contributed by atoms with E-state index in [-0.39, 0.29) is 18.1 Å². The van der Waals surface area contributed by atoms with Crippen molar-refractivity contribution in [2.75, 3.05) is 33.1 Å². The van der Waals surface area contributed by atoms with Gasteiger partial charge in [0, 0.05) is 23.3 Å². The van der Waals surface area contributed by atoms with Crippen LogP contribution in [0.5, 0.6) is 11.5 Å². The second kappa shape index (κ2) is 9.65. The first-order valence-electron chi connectivity index (χ1n) is 9.33. The molecule has 0 bridgehead atoms. The number of carbonyl (C=O) groups excluding carboxylic acids is 2. The maximum atomic E-state index is 12.7. The Morgan fingerprint density at radius 3 is 2.58 bits per heavy atom. The van der Waals surface area contributed by atoms with Gasteiger partial charge >= 0.3 is 0 Å². The summed E-state index contributed by atoms with van der Waals surface area (Å²) in [7, 11) is 4.61. The quantitative estimate of drug-likeness (QED) is 0.538. The number of benzene rings is 2. The third-order valence-electron chi connectivity index (χ3n) is 4.59. The van der Waals surface area contributed by atoms with Gasteiger partial charge in [0.15, 0.2) is 11.5 Å². The number of anilines is 1. The molecule has 31 heavy (non-hydrogen) atoms. The van der Waals surface area contributed by atoms with E-state index in [2.05, 4.69) is 26.4 Å². The maximum absolute atomic E-state index is 12.7. The van der Waals surface area contributed by atoms with Crippen molar-refractivity contribution in [3.63, 3.8) is 0 Å². The van der Waals surface area contributed by atoms with Crippen LogP contribution in [0.2, 0.25) is 0 Å². The van der Waals surface area contributed by atoms with E-state index in [1.54, 1.807) is 31.4 Å². The van der Waals surface area contributed by atoms with E-state index in [0.29, 0.717) is 28.5 Å². The lowest BCUT2D eigenvalue weighted by Crippen LogP contribution is -2.35. The van der Waals surface area contributed by atoms with Gasteiger partial charge in [-0.25, -0.2) is 0 Å². The molecule has 0 fully saturated rings. The summed E-state index contributed by atoms with van der Waals surface area (Å²) in [5, 5.41) is 6.67. The van der Waals surface area contributed by atoms with Gasteiger partial charge in [0.1, 0.15) is 11.5 Å². The van der Waals surface area contributed by atoms with Crippen LogP contribution in [0, 0.1) is 6.92 Å². The number of aryl methyl sites for hydroxylation is 1. The molecule has 0 atom stereocenters. The first-order valence-corrected chi connectivity index (χ1v) is 10.1. The number of carbonyl (C=O) groups is 2. The Kier molecular flexibility index (Phi) is 6.96. The van der Waals surface area contributed by atoms with Gasteiger partial charge in [0.2, 0.25) is 5.91 Å². The Morgan fingerprint density at radius 1 is 1.13 bits per heavy atom. The molecule has 2 aromatic carbocycles. The van der Waals surface area contributed by atoms with Crippen LogP contribution in [0.3, 0.4) is 0 Å². The SMILES string of the molecule is COc1ccc(OC)c(-c2cc(C(=O)N(C)CC(=O)Nc3ccc(Br)cc3C)no2)c1. The molecule has 0 aliphatic carbocycles. The van der Waals surface area contributed by atoms with Crippen LogP contribution in [-0.2, 0) is 4.79 Å². The summed E-state index contributed by atoms with van der Waals surface area (Å²) in [6, 6.07) is 12.3. The van der Waals surface area contributed by atoms with Gasteiger partial charge in [0.05, 0.1) is 26.3 Å². The monoisotopic (exact) mass is 487 g/mol. The minimum absolute atomic E-state index is 0.0787. The molecular formula is C22H22BrN3O5. The molecule has 0 radical (unpaired) electrons. The number of rotatable bonds is 7. The smallest absolute Gasteiger partial charge is 0.276 e. The van der Waals surface area contributed by atoms with E-state index in [4.69, 9.17) is 14.0 Å². The van der Waals surface area contributed by atoms with Crippen molar-refractivity contribution in [1.29, 1.82) is 0 Å². The van der Waals surface area contributed by atoms with Crippen LogP contribution < -0.4 is 14.8 Å². The lowest BCUT2D eigenvalue weighted by molar-refractivity contribution is -0.116. The van der Waals surface area contributed by atoms with Crippen LogP contribution in [0.25, 0.3) is 11.3 Å². The van der Waals surface area contributed by atoms with Crippen LogP contribution in [0.15, 0.2) is 51.5 Å². The zero-order valence-electron chi connectivity index (χ0n) is 17.6. The number of likely N-dealkylation sites (N-methyl/N-ethyl adjacent to an activating group) is 1. The summed E-state index contributed by atoms with van der Waals surface area (Å²) in [5.41, 5.74) is 2.27. The molecule has 8 nitrogen and oxygen atoms in total. The highest BCUT2D eigenvalue weighted by atomic mass is 79.9. The summed E-state index contributed by atoms with van der Waals surface area (Å²) in [6.45, 7) is 1.75. The zero-order chi connectivity index (χ0) is 22.5. The third-order valence-corrected chi connectivity index (χ3v) is 5.08. The number of ether oxygens (including phenoxy) is 2. The highest BCUT2D eigenvalue weighted by Crippen LogP contribution is 2.33. The van der Waals surface area contributed by atoms with Gasteiger partial charge in [-0.05, 0) is 48.9 Å². The lowest BCUT2D eigenvalue weighted by Gasteiger charge is -2.16. The minimum atomic E-state index is -0.445. The van der Waals surface area contributed by atoms with Gasteiger partial charge in [-0.3, -0.25) is 9.59 Å². The number of aromatic nitrogens is 1. The topological polar surface area (TPSA) is 93.9 Å². The van der Waals surface area contributed by atoms with Crippen molar-refractivity contribution < 1.29 is 23.6 Å². The molecule has 0 saturated carbocycles. The molecule has 2 amide bonds. The van der Waals surface area contributed by atoms with Crippen molar-refractivity contribution in [2.24, 2.45) is 0 Å². The fourth-order valence-electron chi connectivity index (χ4n) is 2.95. The Morgan fingerprint density at radius 2 is 1.90 bits per heavy atom. The molecule has 3 aromatic rings. The van der Waals surface area contributed by atoms with Crippen LogP contribution >= 0.6 is 15.9 Å². The molecule has 0 spiro atoms. The van der Waals surface area contributed by atoms with Crippen molar-refractivity contribution in [3.05, 3.63) is 58.2 Å². The molecular weight excluding hydrogens is 466 g/mol. The van der Waals surface area contributed by atoms with Crippen LogP contribution in [0.4, 0.5) is 5.69 Å². The average Bonchev–Trinajstić information content (AvgIpc) is 3.24. The van der Waals surface area contributed by atoms with E-state index in [1.807, 2.05) is 19.1 Å². The normalized spacial score (nSPS) is 10.5. The van der Waals surface area contributed by atoms with Crippen LogP contribution in [-0.4, -0.2) is 49.7 Å².